The Hall–Kier alpha value is -2.33. The topological polar surface area (TPSA) is 50.4 Å². The molecule has 0 aliphatic carbocycles. The Kier molecular flexibility index (Phi) is 4.39. The van der Waals surface area contributed by atoms with Crippen LogP contribution in [0.4, 0.5) is 5.69 Å². The highest BCUT2D eigenvalue weighted by atomic mass is 16.5. The quantitative estimate of drug-likeness (QED) is 0.833. The summed E-state index contributed by atoms with van der Waals surface area (Å²) in [6.07, 6.45) is 1.11. The van der Waals surface area contributed by atoms with Crippen molar-refractivity contribution in [2.24, 2.45) is 0 Å². The van der Waals surface area contributed by atoms with E-state index in [4.69, 9.17) is 4.74 Å². The van der Waals surface area contributed by atoms with E-state index in [-0.39, 0.29) is 5.97 Å². The van der Waals surface area contributed by atoms with Crippen LogP contribution in [-0.4, -0.2) is 19.6 Å². The number of methoxy groups -OCH3 is 1. The molecule has 0 fully saturated rings. The van der Waals surface area contributed by atoms with Crippen LogP contribution in [0.1, 0.15) is 27.0 Å². The number of fused-ring (bicyclic) bond motifs is 1. The lowest BCUT2D eigenvalue weighted by atomic mass is 10.1. The van der Waals surface area contributed by atoms with Crippen LogP contribution in [0.5, 0.6) is 0 Å². The number of carbonyl (C=O) groups is 1. The fourth-order valence-electron chi connectivity index (χ4n) is 2.70. The van der Waals surface area contributed by atoms with Gasteiger partial charge < -0.3 is 15.4 Å². The summed E-state index contributed by atoms with van der Waals surface area (Å²) >= 11 is 0. The van der Waals surface area contributed by atoms with Crippen molar-refractivity contribution < 1.29 is 9.53 Å². The third-order valence-corrected chi connectivity index (χ3v) is 3.91. The fraction of sp³-hybridized carbons (Fsp3) is 0.278. The van der Waals surface area contributed by atoms with Crippen molar-refractivity contribution in [3.05, 3.63) is 64.7 Å². The second-order valence-electron chi connectivity index (χ2n) is 5.46. The Bertz CT molecular complexity index is 665. The molecule has 2 N–H and O–H groups in total. The molecule has 4 heteroatoms. The predicted molar refractivity (Wildman–Crippen MR) is 87.0 cm³/mol. The first kappa shape index (κ1) is 14.6. The molecule has 22 heavy (non-hydrogen) atoms. The monoisotopic (exact) mass is 296 g/mol. The van der Waals surface area contributed by atoms with Gasteiger partial charge in [0.05, 0.1) is 12.7 Å². The fourth-order valence-corrected chi connectivity index (χ4v) is 2.70. The first-order valence-electron chi connectivity index (χ1n) is 7.50. The summed E-state index contributed by atoms with van der Waals surface area (Å²) in [5.41, 5.74) is 5.70. The zero-order valence-corrected chi connectivity index (χ0v) is 12.7. The molecule has 0 radical (unpaired) electrons. The molecular formula is C18H20N2O2. The molecule has 0 spiro atoms. The van der Waals surface area contributed by atoms with Gasteiger partial charge in [-0.1, -0.05) is 24.3 Å². The van der Waals surface area contributed by atoms with Gasteiger partial charge in [-0.05, 0) is 41.3 Å². The summed E-state index contributed by atoms with van der Waals surface area (Å²) in [5, 5.41) is 6.81. The second kappa shape index (κ2) is 6.62. The van der Waals surface area contributed by atoms with Gasteiger partial charge in [-0.3, -0.25) is 0 Å². The maximum atomic E-state index is 11.4. The zero-order chi connectivity index (χ0) is 15.4. The molecule has 3 rings (SSSR count). The van der Waals surface area contributed by atoms with Crippen LogP contribution in [0.2, 0.25) is 0 Å². The Morgan fingerprint density at radius 1 is 1.14 bits per heavy atom. The van der Waals surface area contributed by atoms with Gasteiger partial charge in [0.1, 0.15) is 0 Å². The molecule has 0 saturated carbocycles. The van der Waals surface area contributed by atoms with Crippen molar-refractivity contribution in [1.82, 2.24) is 5.32 Å². The number of ether oxygens (including phenoxy) is 1. The lowest BCUT2D eigenvalue weighted by Gasteiger charge is -2.08. The molecule has 2 aromatic carbocycles. The van der Waals surface area contributed by atoms with E-state index in [1.807, 2.05) is 12.1 Å². The maximum absolute atomic E-state index is 11.4. The van der Waals surface area contributed by atoms with Crippen LogP contribution < -0.4 is 10.6 Å². The molecule has 1 aliphatic rings. The molecule has 0 atom stereocenters. The highest BCUT2D eigenvalue weighted by molar-refractivity contribution is 5.89. The molecule has 2 aromatic rings. The van der Waals surface area contributed by atoms with Gasteiger partial charge in [-0.25, -0.2) is 4.79 Å². The summed E-state index contributed by atoms with van der Waals surface area (Å²) in [4.78, 5) is 11.4. The standard InChI is InChI=1S/C18H20N2O2/c1-22-18(21)15-5-2-13(3-6-15)11-19-12-14-4-7-17-16(10-14)8-9-20-17/h2-7,10,19-20H,8-9,11-12H2,1H3. The molecule has 0 amide bonds. The van der Waals surface area contributed by atoms with Crippen molar-refractivity contribution in [3.8, 4) is 0 Å². The minimum Gasteiger partial charge on any atom is -0.465 e. The zero-order valence-electron chi connectivity index (χ0n) is 12.7. The average Bonchev–Trinajstić information content (AvgIpc) is 3.02. The van der Waals surface area contributed by atoms with Crippen LogP contribution in [0, 0.1) is 0 Å². The van der Waals surface area contributed by atoms with Crippen molar-refractivity contribution in [2.45, 2.75) is 19.5 Å². The summed E-state index contributed by atoms with van der Waals surface area (Å²) in [7, 11) is 1.39. The summed E-state index contributed by atoms with van der Waals surface area (Å²) in [5.74, 6) is -0.300. The molecule has 114 valence electrons. The smallest absolute Gasteiger partial charge is 0.337 e. The van der Waals surface area contributed by atoms with Crippen LogP contribution in [0.3, 0.4) is 0 Å². The summed E-state index contributed by atoms with van der Waals surface area (Å²) in [6.45, 7) is 2.65. The van der Waals surface area contributed by atoms with E-state index in [9.17, 15) is 4.79 Å². The van der Waals surface area contributed by atoms with Crippen molar-refractivity contribution >= 4 is 11.7 Å². The lowest BCUT2D eigenvalue weighted by molar-refractivity contribution is 0.0600. The van der Waals surface area contributed by atoms with E-state index in [0.29, 0.717) is 5.56 Å². The van der Waals surface area contributed by atoms with Gasteiger partial charge in [0.15, 0.2) is 0 Å². The number of carbonyl (C=O) groups excluding carboxylic acids is 1. The first-order chi connectivity index (χ1) is 10.8. The van der Waals surface area contributed by atoms with E-state index in [1.165, 1.54) is 23.9 Å². The molecular weight excluding hydrogens is 276 g/mol. The molecule has 0 saturated heterocycles. The number of rotatable bonds is 5. The maximum Gasteiger partial charge on any atom is 0.337 e. The predicted octanol–water partition coefficient (Wildman–Crippen LogP) is 2.73. The number of anilines is 1. The second-order valence-corrected chi connectivity index (χ2v) is 5.46. The molecule has 1 aliphatic heterocycles. The van der Waals surface area contributed by atoms with Crippen molar-refractivity contribution in [3.63, 3.8) is 0 Å². The Morgan fingerprint density at radius 3 is 2.64 bits per heavy atom. The normalized spacial score (nSPS) is 12.6. The van der Waals surface area contributed by atoms with Crippen LogP contribution in [0.15, 0.2) is 42.5 Å². The Morgan fingerprint density at radius 2 is 1.86 bits per heavy atom. The summed E-state index contributed by atoms with van der Waals surface area (Å²) < 4.78 is 4.69. The number of hydrogen-bond donors (Lipinski definition) is 2. The van der Waals surface area contributed by atoms with E-state index >= 15 is 0 Å². The first-order valence-corrected chi connectivity index (χ1v) is 7.50. The van der Waals surface area contributed by atoms with E-state index in [0.717, 1.165) is 31.6 Å². The minimum atomic E-state index is -0.300. The highest BCUT2D eigenvalue weighted by Gasteiger charge is 2.09. The van der Waals surface area contributed by atoms with Gasteiger partial charge >= 0.3 is 5.97 Å². The molecule has 4 nitrogen and oxygen atoms in total. The van der Waals surface area contributed by atoms with Gasteiger partial charge in [0.25, 0.3) is 0 Å². The molecule has 0 unspecified atom stereocenters. The SMILES string of the molecule is COC(=O)c1ccc(CNCc2ccc3c(c2)CCN3)cc1. The average molecular weight is 296 g/mol. The van der Waals surface area contributed by atoms with Gasteiger partial charge in [0.2, 0.25) is 0 Å². The van der Waals surface area contributed by atoms with E-state index < -0.39 is 0 Å². The van der Waals surface area contributed by atoms with Crippen LogP contribution in [-0.2, 0) is 24.2 Å². The minimum absolute atomic E-state index is 0.300. The lowest BCUT2D eigenvalue weighted by Crippen LogP contribution is -2.13. The van der Waals surface area contributed by atoms with Gasteiger partial charge in [-0.2, -0.15) is 0 Å². The van der Waals surface area contributed by atoms with Crippen LogP contribution in [0.25, 0.3) is 0 Å². The molecule has 0 bridgehead atoms. The number of nitrogens with one attached hydrogen (secondary N) is 2. The summed E-state index contributed by atoms with van der Waals surface area (Å²) in [6, 6.07) is 14.1. The Labute approximate surface area is 130 Å². The third-order valence-electron chi connectivity index (χ3n) is 3.91. The molecule has 0 aromatic heterocycles. The van der Waals surface area contributed by atoms with E-state index in [2.05, 4.69) is 28.8 Å². The van der Waals surface area contributed by atoms with Crippen LogP contribution >= 0.6 is 0 Å². The largest absolute Gasteiger partial charge is 0.465 e. The number of esters is 1. The molecule has 1 heterocycles. The highest BCUT2D eigenvalue weighted by Crippen LogP contribution is 2.22. The number of hydrogen-bond acceptors (Lipinski definition) is 4. The van der Waals surface area contributed by atoms with Crippen molar-refractivity contribution in [2.75, 3.05) is 19.0 Å². The van der Waals surface area contributed by atoms with Gasteiger partial charge in [-0.15, -0.1) is 0 Å². The van der Waals surface area contributed by atoms with Gasteiger partial charge in [0, 0.05) is 25.3 Å². The Balaban J connectivity index is 1.53. The third kappa shape index (κ3) is 3.28. The van der Waals surface area contributed by atoms with Crippen molar-refractivity contribution in [1.29, 1.82) is 0 Å². The number of benzene rings is 2. The van der Waals surface area contributed by atoms with E-state index in [1.54, 1.807) is 12.1 Å².